The Bertz CT molecular complexity index is 966. The van der Waals surface area contributed by atoms with Crippen molar-refractivity contribution in [1.82, 2.24) is 0 Å². The third-order valence-electron chi connectivity index (χ3n) is 6.01. The number of aliphatic hydroxyl groups excluding tert-OH is 1. The number of hydrogen-bond acceptors (Lipinski definition) is 5. The summed E-state index contributed by atoms with van der Waals surface area (Å²) < 4.78 is 23.4. The predicted molar refractivity (Wildman–Crippen MR) is 129 cm³/mol. The second-order valence-electron chi connectivity index (χ2n) is 7.82. The molecule has 0 spiro atoms. The van der Waals surface area contributed by atoms with E-state index in [1.807, 2.05) is 66.7 Å². The van der Waals surface area contributed by atoms with Crippen molar-refractivity contribution < 1.29 is 55.2 Å². The molecular formula is C27H29O5SeU-. The van der Waals surface area contributed by atoms with Gasteiger partial charge in [-0.15, -0.1) is 0 Å². The molecule has 34 heavy (non-hydrogen) atoms. The summed E-state index contributed by atoms with van der Waals surface area (Å²) in [5.41, 5.74) is 1.96. The largest absolute Gasteiger partial charge is 0 e. The number of methoxy groups -OCH3 is 2. The Morgan fingerprint density at radius 1 is 0.853 bits per heavy atom. The van der Waals surface area contributed by atoms with E-state index in [1.54, 1.807) is 20.8 Å². The number of hydrogen-bond donors (Lipinski definition) is 1. The van der Waals surface area contributed by atoms with Crippen LogP contribution in [0.5, 0.6) is 11.5 Å². The maximum Gasteiger partial charge on any atom is 0 e. The molecule has 4 rings (SSSR count). The van der Waals surface area contributed by atoms with E-state index in [1.165, 1.54) is 0 Å². The van der Waals surface area contributed by atoms with Crippen LogP contribution < -0.4 is 9.47 Å². The summed E-state index contributed by atoms with van der Waals surface area (Å²) >= 11 is 0.261. The van der Waals surface area contributed by atoms with Crippen LogP contribution in [-0.2, 0) is 15.1 Å². The van der Waals surface area contributed by atoms with Gasteiger partial charge in [0.05, 0.1) is 0 Å². The summed E-state index contributed by atoms with van der Waals surface area (Å²) in [7, 11) is 3.31. The standard InChI is InChI=1S/C27H29O5Se.U/c1-29-22-13-9-20(10-14-22)27(19-7-5-4-6-8-19,21-11-15-23(30-2)16-12-21)32-17-24-26(28)25(33-3)18-31-24;/h4-16,18,24-26,28H,17H2,1-3H3;/q-1;/t24-,25-,26?;/m1./s1. The molecule has 1 aliphatic rings. The Morgan fingerprint density at radius 2 is 1.35 bits per heavy atom. The Balaban J connectivity index is 0.00000324. The minimum absolute atomic E-state index is 0. The van der Waals surface area contributed by atoms with Gasteiger partial charge in [0, 0.05) is 31.1 Å². The molecule has 3 atom stereocenters. The van der Waals surface area contributed by atoms with Crippen LogP contribution in [0.3, 0.4) is 0 Å². The van der Waals surface area contributed by atoms with E-state index >= 15 is 0 Å². The molecular weight excluding hydrogens is 721 g/mol. The summed E-state index contributed by atoms with van der Waals surface area (Å²) in [6, 6.07) is 25.9. The summed E-state index contributed by atoms with van der Waals surface area (Å²) in [6.07, 6.45) is -0.994. The first-order valence-electron chi connectivity index (χ1n) is 10.8. The van der Waals surface area contributed by atoms with E-state index in [2.05, 4.69) is 18.0 Å². The minimum Gasteiger partial charge on any atom is 0 e. The first kappa shape index (κ1) is 27.3. The first-order chi connectivity index (χ1) is 16.1. The minimum atomic E-state index is -0.918. The molecule has 1 fully saturated rings. The smallest absolute Gasteiger partial charge is 0 e. The van der Waals surface area contributed by atoms with Gasteiger partial charge in [0.15, 0.2) is 0 Å². The van der Waals surface area contributed by atoms with Gasteiger partial charge in [0.2, 0.25) is 0 Å². The van der Waals surface area contributed by atoms with Crippen LogP contribution in [0.1, 0.15) is 16.7 Å². The van der Waals surface area contributed by atoms with Crippen LogP contribution in [0.2, 0.25) is 10.6 Å². The molecule has 3 aromatic carbocycles. The Morgan fingerprint density at radius 3 is 1.79 bits per heavy atom. The number of benzene rings is 3. The van der Waals surface area contributed by atoms with Crippen molar-refractivity contribution >= 4 is 15.0 Å². The Labute approximate surface area is 231 Å². The van der Waals surface area contributed by atoms with E-state index in [4.69, 9.17) is 18.9 Å². The second kappa shape index (κ2) is 12.6. The molecule has 1 saturated heterocycles. The topological polar surface area (TPSA) is 57.2 Å². The summed E-state index contributed by atoms with van der Waals surface area (Å²) in [4.78, 5) is 0.0687. The van der Waals surface area contributed by atoms with Crippen molar-refractivity contribution in [1.29, 1.82) is 0 Å². The number of ether oxygens (including phenoxy) is 4. The van der Waals surface area contributed by atoms with Crippen LogP contribution in [-0.4, -0.2) is 53.1 Å². The zero-order chi connectivity index (χ0) is 23.3. The molecule has 7 heteroatoms. The van der Waals surface area contributed by atoms with Gasteiger partial charge in [-0.3, -0.25) is 0 Å². The van der Waals surface area contributed by atoms with Gasteiger partial charge in [-0.2, -0.15) is 0 Å². The fraction of sp³-hybridized carbons (Fsp3) is 0.296. The van der Waals surface area contributed by atoms with Crippen molar-refractivity contribution in [2.45, 2.75) is 28.4 Å². The fourth-order valence-corrected chi connectivity index (χ4v) is 5.49. The third kappa shape index (κ3) is 5.58. The average molecular weight is 751 g/mol. The molecule has 0 saturated carbocycles. The van der Waals surface area contributed by atoms with Crippen LogP contribution in [0.15, 0.2) is 78.9 Å². The Kier molecular flexibility index (Phi) is 10.1. The fourth-order valence-electron chi connectivity index (χ4n) is 4.17. The van der Waals surface area contributed by atoms with Crippen LogP contribution in [0.25, 0.3) is 0 Å². The van der Waals surface area contributed by atoms with Gasteiger partial charge in [0.25, 0.3) is 0 Å². The molecule has 1 unspecified atom stereocenters. The normalized spacial score (nSPS) is 19.9. The van der Waals surface area contributed by atoms with Gasteiger partial charge in [-0.1, -0.05) is 0 Å². The molecule has 178 valence electrons. The van der Waals surface area contributed by atoms with Crippen LogP contribution in [0, 0.1) is 37.7 Å². The molecule has 5 nitrogen and oxygen atoms in total. The van der Waals surface area contributed by atoms with Crippen molar-refractivity contribution in [3.8, 4) is 11.5 Å². The average Bonchev–Trinajstić information content (AvgIpc) is 3.25. The summed E-state index contributed by atoms with van der Waals surface area (Å²) in [5, 5.41) is 10.7. The zero-order valence-corrected chi connectivity index (χ0v) is 25.4. The Hall–Kier alpha value is -1.29. The molecule has 3 aromatic rings. The van der Waals surface area contributed by atoms with Crippen LogP contribution >= 0.6 is 0 Å². The van der Waals surface area contributed by atoms with Gasteiger partial charge in [-0.25, -0.2) is 0 Å². The van der Waals surface area contributed by atoms with Gasteiger partial charge >= 0.3 is 202 Å². The zero-order valence-electron chi connectivity index (χ0n) is 19.5. The third-order valence-corrected chi connectivity index (χ3v) is 7.97. The first-order valence-corrected chi connectivity index (χ1v) is 13.5. The van der Waals surface area contributed by atoms with E-state index in [0.29, 0.717) is 0 Å². The van der Waals surface area contributed by atoms with Crippen molar-refractivity contribution in [2.75, 3.05) is 20.8 Å². The predicted octanol–water partition coefficient (Wildman–Crippen LogP) is 4.47. The number of aliphatic hydroxyl groups is 1. The maximum atomic E-state index is 10.7. The van der Waals surface area contributed by atoms with E-state index in [9.17, 15) is 5.11 Å². The summed E-state index contributed by atoms with van der Waals surface area (Å²) in [6.45, 7) is 2.00. The van der Waals surface area contributed by atoms with Gasteiger partial charge < -0.3 is 0 Å². The molecule has 0 amide bonds. The molecule has 0 radical (unpaired) electrons. The second-order valence-corrected chi connectivity index (χ2v) is 9.95. The molecule has 0 aromatic heterocycles. The molecule has 1 heterocycles. The maximum absolute atomic E-state index is 10.7. The molecule has 0 aliphatic carbocycles. The van der Waals surface area contributed by atoms with Gasteiger partial charge in [-0.05, 0) is 0 Å². The van der Waals surface area contributed by atoms with Crippen molar-refractivity contribution in [3.63, 3.8) is 0 Å². The van der Waals surface area contributed by atoms with Crippen LogP contribution in [0.4, 0.5) is 0 Å². The van der Waals surface area contributed by atoms with E-state index < -0.39 is 17.8 Å². The molecule has 0 bridgehead atoms. The number of rotatable bonds is 9. The SMILES string of the molecule is COc1ccc(C(OC[C@H]2O[CH-][C@@H]([Se]C)C2O)(c2ccccc2)c2ccc(OC)cc2)cc1.[U]. The molecule has 1 N–H and O–H groups in total. The summed E-state index contributed by atoms with van der Waals surface area (Å²) in [5.74, 6) is 3.65. The quantitative estimate of drug-likeness (QED) is 0.199. The van der Waals surface area contributed by atoms with Crippen molar-refractivity contribution in [3.05, 3.63) is 102 Å². The van der Waals surface area contributed by atoms with E-state index in [-0.39, 0.29) is 57.5 Å². The van der Waals surface area contributed by atoms with Gasteiger partial charge in [0.1, 0.15) is 0 Å². The monoisotopic (exact) mass is 751 g/mol. The van der Waals surface area contributed by atoms with E-state index in [0.717, 1.165) is 28.2 Å². The molecule has 1 aliphatic heterocycles. The van der Waals surface area contributed by atoms with Crippen molar-refractivity contribution in [2.24, 2.45) is 0 Å².